The molecule has 6 nitrogen and oxygen atoms in total. The van der Waals surface area contributed by atoms with Crippen molar-refractivity contribution in [1.29, 1.82) is 0 Å². The molecule has 24 heavy (non-hydrogen) atoms. The van der Waals surface area contributed by atoms with Crippen molar-refractivity contribution in [2.24, 2.45) is 10.9 Å². The van der Waals surface area contributed by atoms with Gasteiger partial charge in [-0.2, -0.15) is 4.99 Å². The van der Waals surface area contributed by atoms with Crippen LogP contribution in [-0.2, 0) is 14.3 Å². The number of carbonyl (C=O) groups excluding carboxylic acids is 2. The number of hydrogen-bond donors (Lipinski definition) is 1. The van der Waals surface area contributed by atoms with E-state index in [-0.39, 0.29) is 28.7 Å². The smallest absolute Gasteiger partial charge is 0.252 e. The lowest BCUT2D eigenvalue weighted by Crippen LogP contribution is -2.41. The van der Waals surface area contributed by atoms with Crippen LogP contribution in [0.2, 0.25) is 0 Å². The first kappa shape index (κ1) is 18.2. The fourth-order valence-corrected chi connectivity index (χ4v) is 5.41. The first-order valence-corrected chi connectivity index (χ1v) is 10.5. The SMILES string of the molecule is O=C(CSC(=S)N1CCOCC1)NC1=NC(=O)C2CCCCC2S1. The number of aliphatic imine (C=N–C) groups is 1. The average Bonchev–Trinajstić information content (AvgIpc) is 2.60. The Labute approximate surface area is 155 Å². The topological polar surface area (TPSA) is 71.0 Å². The van der Waals surface area contributed by atoms with Crippen LogP contribution < -0.4 is 5.32 Å². The molecule has 2 aliphatic heterocycles. The maximum Gasteiger partial charge on any atom is 0.252 e. The zero-order chi connectivity index (χ0) is 16.9. The first-order chi connectivity index (χ1) is 11.6. The van der Waals surface area contributed by atoms with Crippen molar-refractivity contribution in [3.63, 3.8) is 0 Å². The molecule has 0 radical (unpaired) electrons. The number of amidine groups is 1. The van der Waals surface area contributed by atoms with Crippen molar-refractivity contribution in [1.82, 2.24) is 10.2 Å². The van der Waals surface area contributed by atoms with Gasteiger partial charge in [0.2, 0.25) is 5.91 Å². The largest absolute Gasteiger partial charge is 0.378 e. The van der Waals surface area contributed by atoms with Crippen molar-refractivity contribution >= 4 is 57.0 Å². The second-order valence-electron chi connectivity index (χ2n) is 6.00. The Morgan fingerprint density at radius 2 is 2.12 bits per heavy atom. The second kappa shape index (κ2) is 8.64. The Kier molecular flexibility index (Phi) is 6.54. The summed E-state index contributed by atoms with van der Waals surface area (Å²) in [4.78, 5) is 30.3. The molecule has 0 aromatic carbocycles. The zero-order valence-corrected chi connectivity index (χ0v) is 15.8. The van der Waals surface area contributed by atoms with E-state index in [4.69, 9.17) is 17.0 Å². The lowest BCUT2D eigenvalue weighted by molar-refractivity contribution is -0.122. The van der Waals surface area contributed by atoms with Gasteiger partial charge in [-0.15, -0.1) is 0 Å². The molecule has 1 N–H and O–H groups in total. The minimum absolute atomic E-state index is 0.0349. The van der Waals surface area contributed by atoms with Crippen LogP contribution in [0.1, 0.15) is 25.7 Å². The average molecular weight is 388 g/mol. The molecule has 2 amide bonds. The number of nitrogens with zero attached hydrogens (tertiary/aromatic N) is 2. The van der Waals surface area contributed by atoms with E-state index in [0.717, 1.165) is 43.1 Å². The Morgan fingerprint density at radius 3 is 2.92 bits per heavy atom. The number of carbonyl (C=O) groups is 2. The van der Waals surface area contributed by atoms with Crippen molar-refractivity contribution in [3.8, 4) is 0 Å². The summed E-state index contributed by atoms with van der Waals surface area (Å²) in [5.41, 5.74) is 0. The molecule has 1 saturated heterocycles. The van der Waals surface area contributed by atoms with E-state index in [1.165, 1.54) is 23.5 Å². The van der Waals surface area contributed by atoms with Gasteiger partial charge in [0.1, 0.15) is 4.32 Å². The summed E-state index contributed by atoms with van der Waals surface area (Å²) in [5.74, 6) is 0.0275. The van der Waals surface area contributed by atoms with Gasteiger partial charge in [-0.1, -0.05) is 48.6 Å². The zero-order valence-electron chi connectivity index (χ0n) is 13.4. The molecular formula is C15H21N3O3S3. The molecule has 3 rings (SSSR count). The highest BCUT2D eigenvalue weighted by Gasteiger charge is 2.36. The molecule has 0 bridgehead atoms. The molecule has 1 saturated carbocycles. The van der Waals surface area contributed by atoms with Gasteiger partial charge in [-0.3, -0.25) is 9.59 Å². The van der Waals surface area contributed by atoms with Gasteiger partial charge < -0.3 is 15.0 Å². The third kappa shape index (κ3) is 4.71. The van der Waals surface area contributed by atoms with Gasteiger partial charge in [0.25, 0.3) is 5.91 Å². The number of thioether (sulfide) groups is 2. The highest BCUT2D eigenvalue weighted by Crippen LogP contribution is 2.37. The highest BCUT2D eigenvalue weighted by atomic mass is 32.2. The summed E-state index contributed by atoms with van der Waals surface area (Å²) < 4.78 is 6.01. The van der Waals surface area contributed by atoms with Crippen LogP contribution in [0.4, 0.5) is 0 Å². The molecule has 2 heterocycles. The highest BCUT2D eigenvalue weighted by molar-refractivity contribution is 8.23. The predicted molar refractivity (Wildman–Crippen MR) is 101 cm³/mol. The fraction of sp³-hybridized carbons (Fsp3) is 0.733. The van der Waals surface area contributed by atoms with E-state index in [9.17, 15) is 9.59 Å². The van der Waals surface area contributed by atoms with Crippen LogP contribution in [0.3, 0.4) is 0 Å². The van der Waals surface area contributed by atoms with Crippen LogP contribution in [0, 0.1) is 5.92 Å². The van der Waals surface area contributed by atoms with Gasteiger partial charge >= 0.3 is 0 Å². The number of nitrogens with one attached hydrogen (secondary N) is 1. The van der Waals surface area contributed by atoms with E-state index in [1.807, 2.05) is 0 Å². The van der Waals surface area contributed by atoms with E-state index in [0.29, 0.717) is 18.4 Å². The summed E-state index contributed by atoms with van der Waals surface area (Å²) in [6.07, 6.45) is 4.18. The molecule has 9 heteroatoms. The number of hydrogen-bond acceptors (Lipinski definition) is 6. The van der Waals surface area contributed by atoms with Gasteiger partial charge in [0.15, 0.2) is 5.17 Å². The number of morpholine rings is 1. The third-order valence-electron chi connectivity index (χ3n) is 4.34. The minimum Gasteiger partial charge on any atom is -0.378 e. The van der Waals surface area contributed by atoms with Crippen LogP contribution in [0.25, 0.3) is 0 Å². The summed E-state index contributed by atoms with van der Waals surface area (Å²) >= 11 is 8.24. The second-order valence-corrected chi connectivity index (χ2v) is 8.84. The first-order valence-electron chi connectivity index (χ1n) is 8.22. The molecule has 1 aliphatic carbocycles. The van der Waals surface area contributed by atoms with Crippen LogP contribution >= 0.6 is 35.7 Å². The lowest BCUT2D eigenvalue weighted by atomic mass is 9.88. The number of thiocarbonyl (C=S) groups is 1. The molecule has 2 fully saturated rings. The van der Waals surface area contributed by atoms with E-state index in [2.05, 4.69) is 15.2 Å². The number of ether oxygens (including phenoxy) is 1. The molecule has 132 valence electrons. The van der Waals surface area contributed by atoms with E-state index in [1.54, 1.807) is 0 Å². The van der Waals surface area contributed by atoms with E-state index < -0.39 is 0 Å². The standard InChI is InChI=1S/C15H21N3O3S3/c19-12(9-23-15(22)18-5-7-21-8-6-18)16-14-17-13(20)10-3-1-2-4-11(10)24-14/h10-11H,1-9H2,(H,16,17,19,20). The van der Waals surface area contributed by atoms with Crippen molar-refractivity contribution < 1.29 is 14.3 Å². The molecule has 2 unspecified atom stereocenters. The van der Waals surface area contributed by atoms with Crippen LogP contribution in [0.5, 0.6) is 0 Å². The third-order valence-corrected chi connectivity index (χ3v) is 7.14. The quantitative estimate of drug-likeness (QED) is 0.722. The number of amides is 2. The summed E-state index contributed by atoms with van der Waals surface area (Å²) in [6, 6.07) is 0. The predicted octanol–water partition coefficient (Wildman–Crippen LogP) is 1.64. The maximum atomic E-state index is 12.1. The Morgan fingerprint density at radius 1 is 1.38 bits per heavy atom. The Balaban J connectivity index is 1.46. The fourth-order valence-electron chi connectivity index (χ4n) is 3.05. The van der Waals surface area contributed by atoms with Crippen LogP contribution in [0.15, 0.2) is 4.99 Å². The van der Waals surface area contributed by atoms with Gasteiger partial charge in [0.05, 0.1) is 24.9 Å². The molecule has 0 aromatic heterocycles. The monoisotopic (exact) mass is 387 g/mol. The molecular weight excluding hydrogens is 366 g/mol. The molecule has 0 aromatic rings. The van der Waals surface area contributed by atoms with E-state index >= 15 is 0 Å². The van der Waals surface area contributed by atoms with Gasteiger partial charge in [-0.05, 0) is 12.8 Å². The summed E-state index contributed by atoms with van der Waals surface area (Å²) in [6.45, 7) is 2.89. The molecule has 0 spiro atoms. The molecule has 3 aliphatic rings. The maximum absolute atomic E-state index is 12.1. The van der Waals surface area contributed by atoms with Gasteiger partial charge in [-0.25, -0.2) is 0 Å². The minimum atomic E-state index is -0.163. The lowest BCUT2D eigenvalue weighted by Gasteiger charge is -2.32. The van der Waals surface area contributed by atoms with Crippen molar-refractivity contribution in [2.45, 2.75) is 30.9 Å². The van der Waals surface area contributed by atoms with Gasteiger partial charge in [0, 0.05) is 18.3 Å². The Bertz CT molecular complexity index is 549. The van der Waals surface area contributed by atoms with Crippen LogP contribution in [-0.4, -0.2) is 63.5 Å². The number of rotatable bonds is 2. The number of fused-ring (bicyclic) bond motifs is 1. The van der Waals surface area contributed by atoms with Crippen molar-refractivity contribution in [3.05, 3.63) is 0 Å². The summed E-state index contributed by atoms with van der Waals surface area (Å²) in [5, 5.41) is 3.49. The molecule has 2 atom stereocenters. The summed E-state index contributed by atoms with van der Waals surface area (Å²) in [7, 11) is 0. The Hall–Kier alpha value is -0.640. The normalized spacial score (nSPS) is 27.2. The van der Waals surface area contributed by atoms with Crippen molar-refractivity contribution in [2.75, 3.05) is 32.1 Å².